The van der Waals surface area contributed by atoms with Crippen LogP contribution in [0.4, 0.5) is 10.1 Å². The maximum absolute atomic E-state index is 13.0. The number of nitrogens with one attached hydrogen (secondary N) is 3. The van der Waals surface area contributed by atoms with E-state index in [2.05, 4.69) is 47.8 Å². The van der Waals surface area contributed by atoms with Crippen LogP contribution < -0.4 is 21.7 Å². The Kier molecular flexibility index (Phi) is 35.6. The number of nitrogens with two attached hydrogens (primary N) is 1. The zero-order valence-electron chi connectivity index (χ0n) is 44.5. The zero-order valence-corrected chi connectivity index (χ0v) is 46.8. The summed E-state index contributed by atoms with van der Waals surface area (Å²) in [6.07, 6.45) is 25.3. The molecule has 2 unspecified atom stereocenters. The van der Waals surface area contributed by atoms with E-state index >= 15 is 0 Å². The maximum atomic E-state index is 13.0. The molecule has 14 heteroatoms. The fraction of sp³-hybridized carbons (Fsp3) is 0.614. The van der Waals surface area contributed by atoms with Crippen molar-refractivity contribution < 1.29 is 28.4 Å². The number of unbranched alkanes of at least 4 members (excludes halogenated alkanes) is 7. The molecule has 1 heterocycles. The topological polar surface area (TPSA) is 160 Å². The molecule has 5 N–H and O–H groups in total. The molecule has 4 amide bonds. The number of benzene rings is 2. The monoisotopic (exact) mass is 1040 g/mol. The van der Waals surface area contributed by atoms with E-state index in [9.17, 15) is 28.4 Å². The summed E-state index contributed by atoms with van der Waals surface area (Å²) in [5.41, 5.74) is 10.4. The molecule has 2 atom stereocenters. The van der Waals surface area contributed by atoms with Crippen molar-refractivity contribution in [3.05, 3.63) is 79.8 Å². The van der Waals surface area contributed by atoms with Crippen molar-refractivity contribution in [1.82, 2.24) is 10.6 Å². The van der Waals surface area contributed by atoms with E-state index in [1.165, 1.54) is 63.1 Å². The molecule has 10 nitrogen and oxygen atoms in total. The van der Waals surface area contributed by atoms with Gasteiger partial charge in [0, 0.05) is 54.1 Å². The first-order valence-corrected chi connectivity index (χ1v) is 27.9. The summed E-state index contributed by atoms with van der Waals surface area (Å²) in [7, 11) is 0. The van der Waals surface area contributed by atoms with E-state index in [1.807, 2.05) is 45.0 Å². The Bertz CT molecular complexity index is 2030. The highest BCUT2D eigenvalue weighted by Crippen LogP contribution is 2.39. The van der Waals surface area contributed by atoms with Crippen molar-refractivity contribution in [3.8, 4) is 0 Å². The number of hydrogen-bond donors (Lipinski definition) is 4. The van der Waals surface area contributed by atoms with E-state index in [-0.39, 0.29) is 35.3 Å². The van der Waals surface area contributed by atoms with Gasteiger partial charge in [-0.1, -0.05) is 152 Å². The number of ketones is 1. The van der Waals surface area contributed by atoms with Gasteiger partial charge in [-0.3, -0.25) is 29.3 Å². The van der Waals surface area contributed by atoms with Crippen LogP contribution in [0.2, 0.25) is 10.0 Å². The minimum atomic E-state index is -0.547. The zero-order chi connectivity index (χ0) is 53.0. The van der Waals surface area contributed by atoms with Gasteiger partial charge in [-0.15, -0.1) is 0 Å². The lowest BCUT2D eigenvalue weighted by atomic mass is 9.74. The number of piperidine rings is 1. The lowest BCUT2D eigenvalue weighted by Gasteiger charge is -2.33. The molecule has 1 saturated heterocycles. The molecule has 1 aliphatic rings. The molecule has 71 heavy (non-hydrogen) atoms. The van der Waals surface area contributed by atoms with Crippen molar-refractivity contribution in [2.24, 2.45) is 22.1 Å². The van der Waals surface area contributed by atoms with Gasteiger partial charge < -0.3 is 16.4 Å². The van der Waals surface area contributed by atoms with Crippen LogP contribution in [-0.2, 0) is 25.6 Å². The normalized spacial score (nSPS) is 14.9. The van der Waals surface area contributed by atoms with Gasteiger partial charge in [-0.2, -0.15) is 0 Å². The fourth-order valence-electron chi connectivity index (χ4n) is 8.48. The van der Waals surface area contributed by atoms with Gasteiger partial charge in [0.1, 0.15) is 11.7 Å². The van der Waals surface area contributed by atoms with E-state index < -0.39 is 6.67 Å². The first-order valence-electron chi connectivity index (χ1n) is 26.4. The van der Waals surface area contributed by atoms with Crippen LogP contribution >= 0.6 is 35.0 Å². The Morgan fingerprint density at radius 2 is 1.51 bits per heavy atom. The molecule has 0 radical (unpaired) electrons. The number of allylic oxidation sites excluding steroid dienone is 3. The Morgan fingerprint density at radius 1 is 0.845 bits per heavy atom. The second-order valence-electron chi connectivity index (χ2n) is 18.7. The standard InChI is InChI=1S/C33H57N3O3.C16H18Cl2FNS.C8H13NO2/c1-5-8-9-14-23-33(26-34,22-6-2)24-15-10-12-20-31(38)35-25-16-11-13-21-32(39)36-30-19-17-18-29(27(4)37)28(30)7-3;1-4-6-11(2)10-20-16(12(3)9-19)21-14-8-5-7-13(17)15(14)18;1-2-3-6-4-5-7(10)9-8(6)11/h17-19H,5-16,20-26,34H2,1-4H3,(H,35,38)(H,36,39);5-8,10H,4,9H2,1-3H3;6H,2-5H2,1H3,(H,9,10,11)/b;11-6-,16-12-,20-10-;. The van der Waals surface area contributed by atoms with Gasteiger partial charge in [-0.25, -0.2) is 9.38 Å². The number of hydrogen-bond acceptors (Lipinski definition) is 8. The minimum Gasteiger partial charge on any atom is -0.356 e. The number of aliphatic imine (C=N–C) groups is 1. The SMILES string of the molecule is CCCC1CCC(=O)NC1=O.CCCCCCC(CN)(CCC)CCCCCC(=O)NCCCCCC(=O)Nc1cccc(C(C)=O)c1CC.CC\C=C(C)/C=N\C(Sc1cccc(Cl)c1Cl)=C(/C)CF. The molecule has 3 rings (SSSR count). The molecule has 1 fully saturated rings. The number of Topliss-reactive ketones (excluding diaryl/α,β-unsaturated/α-hetero) is 1. The third-order valence-corrected chi connectivity index (χ3v) is 14.7. The van der Waals surface area contributed by atoms with Crippen molar-refractivity contribution in [2.75, 3.05) is 25.1 Å². The van der Waals surface area contributed by atoms with Crippen molar-refractivity contribution in [1.29, 1.82) is 0 Å². The van der Waals surface area contributed by atoms with Gasteiger partial charge in [-0.05, 0) is 132 Å². The number of nitrogens with zero attached hydrogens (tertiary/aromatic N) is 1. The predicted octanol–water partition coefficient (Wildman–Crippen LogP) is 15.3. The van der Waals surface area contributed by atoms with E-state index in [1.54, 1.807) is 32.2 Å². The number of anilines is 1. The average Bonchev–Trinajstić information content (AvgIpc) is 3.34. The van der Waals surface area contributed by atoms with Gasteiger partial charge in [0.15, 0.2) is 5.78 Å². The first-order chi connectivity index (χ1) is 34.0. The number of thioether (sulfide) groups is 1. The summed E-state index contributed by atoms with van der Waals surface area (Å²) in [4.78, 5) is 63.4. The van der Waals surface area contributed by atoms with Crippen LogP contribution in [0.1, 0.15) is 206 Å². The smallest absolute Gasteiger partial charge is 0.229 e. The van der Waals surface area contributed by atoms with Gasteiger partial charge >= 0.3 is 0 Å². The van der Waals surface area contributed by atoms with Crippen molar-refractivity contribution >= 4 is 76.3 Å². The molecule has 398 valence electrons. The molecule has 2 aromatic rings. The predicted molar refractivity (Wildman–Crippen MR) is 298 cm³/mol. The first kappa shape index (κ1) is 65.2. The fourth-order valence-corrected chi connectivity index (χ4v) is 9.84. The summed E-state index contributed by atoms with van der Waals surface area (Å²) in [5, 5.41) is 9.87. The van der Waals surface area contributed by atoms with Gasteiger partial charge in [0.2, 0.25) is 23.6 Å². The summed E-state index contributed by atoms with van der Waals surface area (Å²) < 4.78 is 13.0. The molecule has 0 aliphatic carbocycles. The Balaban J connectivity index is 0.000000647. The molecule has 2 aromatic carbocycles. The van der Waals surface area contributed by atoms with Crippen molar-refractivity contribution in [3.63, 3.8) is 0 Å². The second kappa shape index (κ2) is 38.7. The van der Waals surface area contributed by atoms with Gasteiger partial charge in [0.05, 0.1) is 10.0 Å². The highest BCUT2D eigenvalue weighted by Gasteiger charge is 2.27. The lowest BCUT2D eigenvalue weighted by Crippen LogP contribution is -2.40. The molecule has 0 aromatic heterocycles. The highest BCUT2D eigenvalue weighted by atomic mass is 35.5. The van der Waals surface area contributed by atoms with E-state index in [0.717, 1.165) is 92.5 Å². The number of imide groups is 1. The van der Waals surface area contributed by atoms with Crippen LogP contribution in [0.15, 0.2) is 68.5 Å². The number of halogens is 3. The summed E-state index contributed by atoms with van der Waals surface area (Å²) in [5.74, 6) is -0.0155. The van der Waals surface area contributed by atoms with Crippen LogP contribution in [0, 0.1) is 11.3 Å². The quantitative estimate of drug-likeness (QED) is 0.0192. The highest BCUT2D eigenvalue weighted by molar-refractivity contribution is 8.03. The largest absolute Gasteiger partial charge is 0.356 e. The summed E-state index contributed by atoms with van der Waals surface area (Å²) >= 11 is 13.5. The molecule has 1 aliphatic heterocycles. The number of alkyl halides is 1. The third-order valence-electron chi connectivity index (χ3n) is 12.6. The lowest BCUT2D eigenvalue weighted by molar-refractivity contribution is -0.136. The molecule has 0 spiro atoms. The maximum Gasteiger partial charge on any atom is 0.229 e. The molecular formula is C57H88Cl2FN5O5S. The van der Waals surface area contributed by atoms with Crippen LogP contribution in [0.5, 0.6) is 0 Å². The Morgan fingerprint density at radius 3 is 2.10 bits per heavy atom. The number of amides is 4. The third kappa shape index (κ3) is 27.1. The van der Waals surface area contributed by atoms with E-state index in [4.69, 9.17) is 28.9 Å². The number of carbonyl (C=O) groups excluding carboxylic acids is 5. The minimum absolute atomic E-state index is 0.0127. The van der Waals surface area contributed by atoms with Crippen LogP contribution in [-0.4, -0.2) is 55.4 Å². The number of carbonyl (C=O) groups is 5. The summed E-state index contributed by atoms with van der Waals surface area (Å²) in [6.45, 7) is 16.7. The van der Waals surface area contributed by atoms with Crippen LogP contribution in [0.25, 0.3) is 0 Å². The Hall–Kier alpha value is -3.84. The molecule has 0 saturated carbocycles. The number of rotatable bonds is 31. The van der Waals surface area contributed by atoms with Gasteiger partial charge in [0.25, 0.3) is 0 Å². The van der Waals surface area contributed by atoms with Crippen molar-refractivity contribution in [2.45, 2.75) is 202 Å². The average molecular weight is 1050 g/mol. The van der Waals surface area contributed by atoms with Crippen LogP contribution in [0.3, 0.4) is 0 Å². The molecular weight excluding hydrogens is 957 g/mol. The Labute approximate surface area is 441 Å². The molecule has 0 bridgehead atoms. The second-order valence-corrected chi connectivity index (χ2v) is 20.5. The van der Waals surface area contributed by atoms with E-state index in [0.29, 0.717) is 63.9 Å². The summed E-state index contributed by atoms with van der Waals surface area (Å²) in [6, 6.07) is 10.8.